The standard InChI is InChI=1S/C20H18ClNO2/c1-24-20(23)13-10-8-12(9-11-13)18-15-5-2-4-14(15)16-6-3-7-17(21)19(16)22-18/h2-4,6-11,14-15,18,22H,5H2,1H3/t14-,15+,18+/m1/s1. The van der Waals surface area contributed by atoms with Crippen molar-refractivity contribution in [3.05, 3.63) is 76.3 Å². The lowest BCUT2D eigenvalue weighted by Crippen LogP contribution is -2.29. The van der Waals surface area contributed by atoms with Gasteiger partial charge in [0.15, 0.2) is 0 Å². The van der Waals surface area contributed by atoms with Crippen LogP contribution in [0.1, 0.15) is 39.9 Å². The molecule has 0 amide bonds. The van der Waals surface area contributed by atoms with Gasteiger partial charge in [0.05, 0.1) is 29.4 Å². The molecule has 122 valence electrons. The van der Waals surface area contributed by atoms with Crippen molar-refractivity contribution < 1.29 is 9.53 Å². The third-order valence-electron chi connectivity index (χ3n) is 5.04. The first-order valence-electron chi connectivity index (χ1n) is 8.09. The van der Waals surface area contributed by atoms with Crippen LogP contribution in [-0.2, 0) is 4.74 Å². The van der Waals surface area contributed by atoms with Gasteiger partial charge < -0.3 is 10.1 Å². The summed E-state index contributed by atoms with van der Waals surface area (Å²) < 4.78 is 4.77. The zero-order valence-corrected chi connectivity index (χ0v) is 14.1. The van der Waals surface area contributed by atoms with E-state index in [9.17, 15) is 4.79 Å². The number of allylic oxidation sites excluding steroid dienone is 2. The van der Waals surface area contributed by atoms with Gasteiger partial charge >= 0.3 is 5.97 Å². The molecule has 0 fully saturated rings. The van der Waals surface area contributed by atoms with Crippen molar-refractivity contribution in [3.8, 4) is 0 Å². The molecule has 3 atom stereocenters. The minimum atomic E-state index is -0.313. The van der Waals surface area contributed by atoms with E-state index in [1.54, 1.807) is 0 Å². The molecule has 4 rings (SSSR count). The van der Waals surface area contributed by atoms with Gasteiger partial charge in [0, 0.05) is 5.92 Å². The number of hydrogen-bond donors (Lipinski definition) is 1. The largest absolute Gasteiger partial charge is 0.465 e. The van der Waals surface area contributed by atoms with Crippen LogP contribution >= 0.6 is 11.6 Å². The first-order valence-corrected chi connectivity index (χ1v) is 8.46. The fraction of sp³-hybridized carbons (Fsp3) is 0.250. The zero-order valence-electron chi connectivity index (χ0n) is 13.3. The second-order valence-electron chi connectivity index (χ2n) is 6.29. The van der Waals surface area contributed by atoms with E-state index in [0.717, 1.165) is 22.7 Å². The monoisotopic (exact) mass is 339 g/mol. The number of para-hydroxylation sites is 1. The van der Waals surface area contributed by atoms with Crippen molar-refractivity contribution >= 4 is 23.3 Å². The molecule has 1 aliphatic carbocycles. The summed E-state index contributed by atoms with van der Waals surface area (Å²) in [5.41, 5.74) is 4.02. The summed E-state index contributed by atoms with van der Waals surface area (Å²) in [6.45, 7) is 0. The van der Waals surface area contributed by atoms with Crippen LogP contribution in [0.5, 0.6) is 0 Å². The normalized spacial score (nSPS) is 24.0. The van der Waals surface area contributed by atoms with E-state index >= 15 is 0 Å². The number of halogens is 1. The molecule has 0 spiro atoms. The number of esters is 1. The smallest absolute Gasteiger partial charge is 0.337 e. The van der Waals surface area contributed by atoms with Gasteiger partial charge in [0.2, 0.25) is 0 Å². The Morgan fingerprint density at radius 3 is 2.75 bits per heavy atom. The molecular formula is C20H18ClNO2. The summed E-state index contributed by atoms with van der Waals surface area (Å²) in [6, 6.07) is 13.9. The van der Waals surface area contributed by atoms with Gasteiger partial charge in [-0.2, -0.15) is 0 Å². The molecule has 0 saturated heterocycles. The van der Waals surface area contributed by atoms with Gasteiger partial charge in [-0.1, -0.05) is 48.0 Å². The highest BCUT2D eigenvalue weighted by Gasteiger charge is 2.38. The minimum Gasteiger partial charge on any atom is -0.465 e. The van der Waals surface area contributed by atoms with Crippen molar-refractivity contribution in [2.45, 2.75) is 18.4 Å². The second-order valence-corrected chi connectivity index (χ2v) is 6.70. The Hall–Kier alpha value is -2.26. The molecule has 2 aromatic carbocycles. The molecule has 3 nitrogen and oxygen atoms in total. The van der Waals surface area contributed by atoms with Crippen LogP contribution in [0, 0.1) is 5.92 Å². The Morgan fingerprint density at radius 2 is 2.00 bits per heavy atom. The lowest BCUT2D eigenvalue weighted by atomic mass is 9.77. The highest BCUT2D eigenvalue weighted by atomic mass is 35.5. The number of rotatable bonds is 2. The molecular weight excluding hydrogens is 322 g/mol. The van der Waals surface area contributed by atoms with Crippen LogP contribution in [0.3, 0.4) is 0 Å². The van der Waals surface area contributed by atoms with E-state index in [1.807, 2.05) is 36.4 Å². The maximum absolute atomic E-state index is 11.6. The van der Waals surface area contributed by atoms with Crippen LogP contribution in [0.4, 0.5) is 5.69 Å². The van der Waals surface area contributed by atoms with Crippen molar-refractivity contribution in [1.82, 2.24) is 0 Å². The molecule has 2 aromatic rings. The van der Waals surface area contributed by atoms with E-state index in [4.69, 9.17) is 16.3 Å². The van der Waals surface area contributed by atoms with E-state index in [1.165, 1.54) is 12.7 Å². The molecule has 24 heavy (non-hydrogen) atoms. The van der Waals surface area contributed by atoms with E-state index in [0.29, 0.717) is 17.4 Å². The maximum atomic E-state index is 11.6. The van der Waals surface area contributed by atoms with E-state index in [-0.39, 0.29) is 12.0 Å². The molecule has 0 unspecified atom stereocenters. The van der Waals surface area contributed by atoms with E-state index < -0.39 is 0 Å². The van der Waals surface area contributed by atoms with Crippen molar-refractivity contribution in [3.63, 3.8) is 0 Å². The van der Waals surface area contributed by atoms with Crippen LogP contribution in [-0.4, -0.2) is 13.1 Å². The Labute approximate surface area is 146 Å². The second kappa shape index (κ2) is 5.99. The number of methoxy groups -OCH3 is 1. The number of anilines is 1. The Bertz CT molecular complexity index is 813. The van der Waals surface area contributed by atoms with Crippen molar-refractivity contribution in [2.75, 3.05) is 12.4 Å². The third kappa shape index (κ3) is 2.40. The topological polar surface area (TPSA) is 38.3 Å². The highest BCUT2D eigenvalue weighted by molar-refractivity contribution is 6.33. The molecule has 1 heterocycles. The highest BCUT2D eigenvalue weighted by Crippen LogP contribution is 2.51. The van der Waals surface area contributed by atoms with Gasteiger partial charge in [0.25, 0.3) is 0 Å². The average molecular weight is 340 g/mol. The van der Waals surface area contributed by atoms with Crippen LogP contribution in [0.15, 0.2) is 54.6 Å². The number of nitrogens with one attached hydrogen (secondary N) is 1. The van der Waals surface area contributed by atoms with Gasteiger partial charge in [-0.25, -0.2) is 4.79 Å². The average Bonchev–Trinajstić information content (AvgIpc) is 3.11. The molecule has 1 N–H and O–H groups in total. The van der Waals surface area contributed by atoms with E-state index in [2.05, 4.69) is 23.5 Å². The summed E-state index contributed by atoms with van der Waals surface area (Å²) in [5.74, 6) is 0.525. The van der Waals surface area contributed by atoms with Crippen molar-refractivity contribution in [2.24, 2.45) is 5.92 Å². The van der Waals surface area contributed by atoms with Gasteiger partial charge in [-0.15, -0.1) is 0 Å². The predicted molar refractivity (Wildman–Crippen MR) is 95.6 cm³/mol. The Kier molecular flexibility index (Phi) is 3.81. The summed E-state index contributed by atoms with van der Waals surface area (Å²) in [5, 5.41) is 4.38. The Morgan fingerprint density at radius 1 is 1.21 bits per heavy atom. The van der Waals surface area contributed by atoms with Gasteiger partial charge in [-0.05, 0) is 41.7 Å². The number of benzene rings is 2. The van der Waals surface area contributed by atoms with Crippen molar-refractivity contribution in [1.29, 1.82) is 0 Å². The molecule has 0 radical (unpaired) electrons. The third-order valence-corrected chi connectivity index (χ3v) is 5.35. The first kappa shape index (κ1) is 15.3. The lowest BCUT2D eigenvalue weighted by Gasteiger charge is -2.38. The molecule has 0 bridgehead atoms. The number of carbonyl (C=O) groups is 1. The number of ether oxygens (including phenoxy) is 1. The lowest BCUT2D eigenvalue weighted by molar-refractivity contribution is 0.0600. The number of carbonyl (C=O) groups excluding carboxylic acids is 1. The number of hydrogen-bond acceptors (Lipinski definition) is 3. The SMILES string of the molecule is COC(=O)c1ccc([C@@H]2Nc3c(Cl)cccc3[C@@H]3C=CC[C@@H]32)cc1. The number of fused-ring (bicyclic) bond motifs is 3. The molecule has 0 aromatic heterocycles. The molecule has 4 heteroatoms. The van der Waals surface area contributed by atoms with Crippen LogP contribution in [0.2, 0.25) is 5.02 Å². The minimum absolute atomic E-state index is 0.170. The first-order chi connectivity index (χ1) is 11.7. The van der Waals surface area contributed by atoms with Crippen LogP contribution in [0.25, 0.3) is 0 Å². The van der Waals surface area contributed by atoms with Gasteiger partial charge in [-0.3, -0.25) is 0 Å². The fourth-order valence-corrected chi connectivity index (χ4v) is 4.09. The quantitative estimate of drug-likeness (QED) is 0.621. The summed E-state index contributed by atoms with van der Waals surface area (Å²) in [7, 11) is 1.40. The summed E-state index contributed by atoms with van der Waals surface area (Å²) in [4.78, 5) is 11.6. The summed E-state index contributed by atoms with van der Waals surface area (Å²) >= 11 is 6.42. The van der Waals surface area contributed by atoms with Crippen LogP contribution < -0.4 is 5.32 Å². The molecule has 0 saturated carbocycles. The zero-order chi connectivity index (χ0) is 16.7. The molecule has 1 aliphatic heterocycles. The summed E-state index contributed by atoms with van der Waals surface area (Å²) in [6.07, 6.45) is 5.58. The predicted octanol–water partition coefficient (Wildman–Crippen LogP) is 4.95. The Balaban J connectivity index is 1.71. The molecule has 2 aliphatic rings. The maximum Gasteiger partial charge on any atom is 0.337 e. The van der Waals surface area contributed by atoms with Gasteiger partial charge in [0.1, 0.15) is 0 Å². The fourth-order valence-electron chi connectivity index (χ4n) is 3.86.